The van der Waals surface area contributed by atoms with Gasteiger partial charge in [0.25, 0.3) is 15.9 Å². The monoisotopic (exact) mass is 403 g/mol. The van der Waals surface area contributed by atoms with Crippen molar-refractivity contribution in [3.63, 3.8) is 0 Å². The van der Waals surface area contributed by atoms with Crippen molar-refractivity contribution in [1.29, 1.82) is 0 Å². The lowest BCUT2D eigenvalue weighted by atomic mass is 10.3. The van der Waals surface area contributed by atoms with E-state index in [4.69, 9.17) is 4.74 Å². The fourth-order valence-corrected chi connectivity index (χ4v) is 4.62. The Balaban J connectivity index is 2.45. The number of hydrogen-bond donors (Lipinski definition) is 1. The molecule has 0 fully saturated rings. The van der Waals surface area contributed by atoms with Crippen LogP contribution in [0.4, 0.5) is 4.79 Å². The quantitative estimate of drug-likeness (QED) is 0.735. The minimum atomic E-state index is -4.42. The number of nitrogens with zero attached hydrogens (tertiary/aromatic N) is 4. The second-order valence-electron chi connectivity index (χ2n) is 5.39. The van der Waals surface area contributed by atoms with Crippen LogP contribution >= 0.6 is 11.3 Å². The summed E-state index contributed by atoms with van der Waals surface area (Å²) in [4.78, 5) is 37.6. The zero-order valence-corrected chi connectivity index (χ0v) is 16.3. The van der Waals surface area contributed by atoms with E-state index in [1.165, 1.54) is 45.5 Å². The van der Waals surface area contributed by atoms with Gasteiger partial charge in [-0.05, 0) is 6.92 Å². The third-order valence-corrected chi connectivity index (χ3v) is 5.91. The zero-order chi connectivity index (χ0) is 19.8. The summed E-state index contributed by atoms with van der Waals surface area (Å²) in [5.41, 5.74) is -0.954. The molecule has 2 heterocycles. The first-order valence-corrected chi connectivity index (χ1v) is 9.44. The number of sulfonamides is 1. The van der Waals surface area contributed by atoms with Crippen LogP contribution in [0.1, 0.15) is 15.2 Å². The summed E-state index contributed by atoms with van der Waals surface area (Å²) >= 11 is 1.05. The molecule has 2 aromatic heterocycles. The highest BCUT2D eigenvalue weighted by molar-refractivity contribution is 7.90. The number of hydrogen-bond acceptors (Lipinski definition) is 8. The Morgan fingerprint density at radius 1 is 1.35 bits per heavy atom. The molecule has 2 rings (SSSR count). The van der Waals surface area contributed by atoms with Crippen LogP contribution in [0.25, 0.3) is 0 Å². The van der Waals surface area contributed by atoms with E-state index in [1.807, 2.05) is 0 Å². The van der Waals surface area contributed by atoms with Crippen LogP contribution in [0.3, 0.4) is 0 Å². The number of thiophene rings is 1. The Labute approximate surface area is 152 Å². The van der Waals surface area contributed by atoms with Crippen LogP contribution in [-0.2, 0) is 17.1 Å². The van der Waals surface area contributed by atoms with Gasteiger partial charge in [-0.2, -0.15) is 0 Å². The van der Waals surface area contributed by atoms with Crippen molar-refractivity contribution in [3.8, 4) is 6.01 Å². The summed E-state index contributed by atoms with van der Waals surface area (Å²) in [6.45, 7) is 1.51. The highest BCUT2D eigenvalue weighted by atomic mass is 32.2. The summed E-state index contributed by atoms with van der Waals surface area (Å²) in [5, 5.41) is 4.99. The average Bonchev–Trinajstić information content (AvgIpc) is 3.08. The Kier molecular flexibility index (Phi) is 5.23. The fourth-order valence-electron chi connectivity index (χ4n) is 2.10. The van der Waals surface area contributed by atoms with E-state index in [0.717, 1.165) is 15.9 Å². The standard InChI is InChI=1S/C13H17N5O6S2/c1-7-9(8(6-25-7)10(19)16(2)3)26(22,23)15-11(20)18-13(21)17(4)12(14-18)24-5/h6H,1-5H3,(H,15,20). The fraction of sp³-hybridized carbons (Fsp3) is 0.385. The molecule has 13 heteroatoms. The van der Waals surface area contributed by atoms with E-state index < -0.39 is 27.7 Å². The maximum absolute atomic E-state index is 12.6. The van der Waals surface area contributed by atoms with Gasteiger partial charge in [0, 0.05) is 31.4 Å². The van der Waals surface area contributed by atoms with Gasteiger partial charge in [0.1, 0.15) is 4.90 Å². The first-order chi connectivity index (χ1) is 12.0. The molecule has 1 N–H and O–H groups in total. The van der Waals surface area contributed by atoms with E-state index in [9.17, 15) is 22.8 Å². The second-order valence-corrected chi connectivity index (χ2v) is 8.09. The third-order valence-electron chi connectivity index (χ3n) is 3.36. The highest BCUT2D eigenvalue weighted by Gasteiger charge is 2.30. The first-order valence-electron chi connectivity index (χ1n) is 7.08. The zero-order valence-electron chi connectivity index (χ0n) is 14.6. The molecule has 2 amide bonds. The van der Waals surface area contributed by atoms with Gasteiger partial charge in [-0.1, -0.05) is 0 Å². The molecule has 0 saturated heterocycles. The predicted octanol–water partition coefficient (Wildman–Crippen LogP) is -0.391. The summed E-state index contributed by atoms with van der Waals surface area (Å²) in [5.74, 6) is -0.529. The van der Waals surface area contributed by atoms with E-state index in [0.29, 0.717) is 9.56 Å². The van der Waals surface area contributed by atoms with Gasteiger partial charge in [-0.15, -0.1) is 21.1 Å². The number of aryl methyl sites for hydroxylation is 1. The number of methoxy groups -OCH3 is 1. The Morgan fingerprint density at radius 2 is 1.96 bits per heavy atom. The number of aromatic nitrogens is 3. The molecule has 0 atom stereocenters. The lowest BCUT2D eigenvalue weighted by Crippen LogP contribution is -2.41. The molecule has 11 nitrogen and oxygen atoms in total. The molecule has 0 aliphatic heterocycles. The van der Waals surface area contributed by atoms with E-state index in [2.05, 4.69) is 5.10 Å². The van der Waals surface area contributed by atoms with Crippen molar-refractivity contribution < 1.29 is 22.7 Å². The summed E-state index contributed by atoms with van der Waals surface area (Å²) in [7, 11) is 1.09. The molecule has 0 spiro atoms. The van der Waals surface area contributed by atoms with Crippen molar-refractivity contribution in [2.24, 2.45) is 7.05 Å². The van der Waals surface area contributed by atoms with E-state index in [1.54, 1.807) is 4.72 Å². The van der Waals surface area contributed by atoms with Gasteiger partial charge in [0.05, 0.1) is 12.7 Å². The van der Waals surface area contributed by atoms with Crippen LogP contribution in [-0.4, -0.2) is 60.8 Å². The summed E-state index contributed by atoms with van der Waals surface area (Å²) in [6, 6.07) is -1.46. The number of rotatable bonds is 4. The van der Waals surface area contributed by atoms with E-state index >= 15 is 0 Å². The summed E-state index contributed by atoms with van der Waals surface area (Å²) < 4.78 is 33.1. The molecule has 0 aliphatic carbocycles. The minimum absolute atomic E-state index is 0.0660. The maximum Gasteiger partial charge on any atom is 0.360 e. The minimum Gasteiger partial charge on any atom is -0.467 e. The predicted molar refractivity (Wildman–Crippen MR) is 92.2 cm³/mol. The molecular weight excluding hydrogens is 386 g/mol. The average molecular weight is 403 g/mol. The maximum atomic E-state index is 12.6. The molecule has 142 valence electrons. The van der Waals surface area contributed by atoms with Crippen molar-refractivity contribution in [1.82, 2.24) is 24.0 Å². The van der Waals surface area contributed by atoms with Crippen molar-refractivity contribution >= 4 is 33.3 Å². The van der Waals surface area contributed by atoms with Crippen LogP contribution in [0, 0.1) is 6.92 Å². The Hall–Kier alpha value is -2.67. The molecule has 0 bridgehead atoms. The van der Waals surface area contributed by atoms with E-state index in [-0.39, 0.29) is 16.5 Å². The van der Waals surface area contributed by atoms with Crippen LogP contribution < -0.4 is 15.1 Å². The molecule has 2 aromatic rings. The SMILES string of the molecule is COc1nn(C(=O)NS(=O)(=O)c2c(C(=O)N(C)C)csc2C)c(=O)n1C. The smallest absolute Gasteiger partial charge is 0.360 e. The van der Waals surface area contributed by atoms with Crippen molar-refractivity contribution in [2.75, 3.05) is 21.2 Å². The number of ether oxygens (including phenoxy) is 1. The molecule has 26 heavy (non-hydrogen) atoms. The number of carbonyl (C=O) groups excluding carboxylic acids is 2. The number of nitrogens with one attached hydrogen (secondary N) is 1. The number of carbonyl (C=O) groups is 2. The molecular formula is C13H17N5O6S2. The second kappa shape index (κ2) is 6.92. The van der Waals surface area contributed by atoms with Gasteiger partial charge in [0.15, 0.2) is 0 Å². The van der Waals surface area contributed by atoms with Crippen molar-refractivity contribution in [3.05, 3.63) is 26.3 Å². The lowest BCUT2D eigenvalue weighted by molar-refractivity contribution is 0.0824. The van der Waals surface area contributed by atoms with Gasteiger partial charge < -0.3 is 9.64 Å². The largest absolute Gasteiger partial charge is 0.467 e. The number of amides is 2. The van der Waals surface area contributed by atoms with Crippen molar-refractivity contribution in [2.45, 2.75) is 11.8 Å². The normalized spacial score (nSPS) is 11.3. The van der Waals surface area contributed by atoms with Crippen LogP contribution in [0.5, 0.6) is 6.01 Å². The van der Waals surface area contributed by atoms with Gasteiger partial charge in [-0.3, -0.25) is 4.79 Å². The third kappa shape index (κ3) is 3.35. The summed E-state index contributed by atoms with van der Waals surface area (Å²) in [6.07, 6.45) is 0. The topological polar surface area (TPSA) is 133 Å². The lowest BCUT2D eigenvalue weighted by Gasteiger charge is -2.12. The van der Waals surface area contributed by atoms with Gasteiger partial charge in [-0.25, -0.2) is 27.3 Å². The molecule has 0 saturated carbocycles. The first kappa shape index (κ1) is 19.7. The Bertz CT molecular complexity index is 1030. The Morgan fingerprint density at radius 3 is 2.46 bits per heavy atom. The molecule has 0 aromatic carbocycles. The van der Waals surface area contributed by atoms with Crippen LogP contribution in [0.2, 0.25) is 0 Å². The van der Waals surface area contributed by atoms with Gasteiger partial charge in [0.2, 0.25) is 0 Å². The van der Waals surface area contributed by atoms with Crippen LogP contribution in [0.15, 0.2) is 15.1 Å². The molecule has 0 aliphatic rings. The molecule has 0 radical (unpaired) electrons. The van der Waals surface area contributed by atoms with Gasteiger partial charge >= 0.3 is 17.7 Å². The molecule has 0 unspecified atom stereocenters. The highest BCUT2D eigenvalue weighted by Crippen LogP contribution is 2.27.